The molecule has 0 fully saturated rings. The lowest BCUT2D eigenvalue weighted by molar-refractivity contribution is -0.170. The van der Waals surface area contributed by atoms with E-state index in [1.807, 2.05) is 0 Å². The third kappa shape index (κ3) is 3.44. The third-order valence-electron chi connectivity index (χ3n) is 1.89. The van der Waals surface area contributed by atoms with Gasteiger partial charge in [-0.25, -0.2) is 0 Å². The van der Waals surface area contributed by atoms with Gasteiger partial charge in [-0.05, 0) is 12.1 Å². The van der Waals surface area contributed by atoms with Crippen molar-refractivity contribution in [3.63, 3.8) is 0 Å². The molecule has 1 rings (SSSR count). The molecule has 0 aliphatic heterocycles. The van der Waals surface area contributed by atoms with Gasteiger partial charge in [0.25, 0.3) is 0 Å². The molecule has 92 valence electrons. The summed E-state index contributed by atoms with van der Waals surface area (Å²) >= 11 is 11.2. The fourth-order valence-corrected chi connectivity index (χ4v) is 1.47. The minimum Gasteiger partial charge on any atom is -0.294 e. The molecule has 0 aliphatic rings. The zero-order chi connectivity index (χ0) is 13.2. The largest absolute Gasteiger partial charge is 0.450 e. The number of halogens is 5. The highest BCUT2D eigenvalue weighted by Gasteiger charge is 2.39. The van der Waals surface area contributed by atoms with Gasteiger partial charge in [-0.1, -0.05) is 29.3 Å². The maximum atomic E-state index is 11.9. The molecular weight excluding hydrogens is 280 g/mol. The first-order valence-corrected chi connectivity index (χ1v) is 5.06. The van der Waals surface area contributed by atoms with Crippen LogP contribution in [0.2, 0.25) is 10.0 Å². The molecule has 0 aromatic heterocycles. The van der Waals surface area contributed by atoms with Crippen molar-refractivity contribution in [1.82, 2.24) is 0 Å². The lowest BCUT2D eigenvalue weighted by Crippen LogP contribution is -2.25. The summed E-state index contributed by atoms with van der Waals surface area (Å²) in [5.74, 6) is -3.13. The molecule has 1 aromatic carbocycles. The van der Waals surface area contributed by atoms with Crippen LogP contribution in [0.1, 0.15) is 16.8 Å². The van der Waals surface area contributed by atoms with Crippen LogP contribution in [0.3, 0.4) is 0 Å². The number of carbonyl (C=O) groups is 2. The standard InChI is InChI=1S/C10H5Cl2F3O2/c11-6-3-1-2-5(9(6)12)7(16)4-8(17)10(13,14)15/h1-3H,4H2. The van der Waals surface area contributed by atoms with E-state index in [1.165, 1.54) is 18.2 Å². The number of alkyl halides is 3. The zero-order valence-corrected chi connectivity index (χ0v) is 9.66. The molecular formula is C10H5Cl2F3O2. The van der Waals surface area contributed by atoms with Crippen LogP contribution in [-0.4, -0.2) is 17.7 Å². The maximum Gasteiger partial charge on any atom is 0.450 e. The van der Waals surface area contributed by atoms with Crippen molar-refractivity contribution in [3.8, 4) is 0 Å². The number of hydrogen-bond acceptors (Lipinski definition) is 2. The summed E-state index contributed by atoms with van der Waals surface area (Å²) in [6.45, 7) is 0. The van der Waals surface area contributed by atoms with Crippen molar-refractivity contribution in [3.05, 3.63) is 33.8 Å². The number of carbonyl (C=O) groups excluding carboxylic acids is 2. The van der Waals surface area contributed by atoms with Gasteiger partial charge in [0.1, 0.15) is 0 Å². The van der Waals surface area contributed by atoms with Crippen LogP contribution in [-0.2, 0) is 4.79 Å². The number of ketones is 2. The van der Waals surface area contributed by atoms with Crippen LogP contribution in [0.25, 0.3) is 0 Å². The van der Waals surface area contributed by atoms with E-state index < -0.39 is 24.2 Å². The summed E-state index contributed by atoms with van der Waals surface area (Å²) in [5, 5.41) is -0.119. The molecule has 1 aromatic rings. The zero-order valence-electron chi connectivity index (χ0n) is 8.15. The molecule has 0 aliphatic carbocycles. The molecule has 0 saturated carbocycles. The predicted molar refractivity (Wildman–Crippen MR) is 56.5 cm³/mol. The summed E-state index contributed by atoms with van der Waals surface area (Å²) in [4.78, 5) is 22.0. The highest BCUT2D eigenvalue weighted by atomic mass is 35.5. The molecule has 0 spiro atoms. The Balaban J connectivity index is 2.92. The van der Waals surface area contributed by atoms with E-state index in [4.69, 9.17) is 23.2 Å². The Kier molecular flexibility index (Phi) is 4.16. The first-order chi connectivity index (χ1) is 7.73. The Hall–Kier alpha value is -1.07. The van der Waals surface area contributed by atoms with Crippen LogP contribution in [0.5, 0.6) is 0 Å². The Morgan fingerprint density at radius 1 is 1.18 bits per heavy atom. The van der Waals surface area contributed by atoms with Gasteiger partial charge < -0.3 is 0 Å². The fraction of sp³-hybridized carbons (Fsp3) is 0.200. The average molecular weight is 285 g/mol. The quantitative estimate of drug-likeness (QED) is 0.627. The molecule has 0 amide bonds. The minimum atomic E-state index is -5.03. The summed E-state index contributed by atoms with van der Waals surface area (Å²) < 4.78 is 35.8. The lowest BCUT2D eigenvalue weighted by Gasteiger charge is -2.06. The van der Waals surface area contributed by atoms with Crippen molar-refractivity contribution < 1.29 is 22.8 Å². The smallest absolute Gasteiger partial charge is 0.294 e. The Morgan fingerprint density at radius 3 is 2.29 bits per heavy atom. The number of benzene rings is 1. The first kappa shape index (κ1) is 14.0. The third-order valence-corrected chi connectivity index (χ3v) is 2.71. The topological polar surface area (TPSA) is 34.1 Å². The minimum absolute atomic E-state index is 0.0389. The summed E-state index contributed by atoms with van der Waals surface area (Å²) in [7, 11) is 0. The van der Waals surface area contributed by atoms with Gasteiger partial charge in [-0.15, -0.1) is 0 Å². The van der Waals surface area contributed by atoms with E-state index in [2.05, 4.69) is 0 Å². The predicted octanol–water partition coefficient (Wildman–Crippen LogP) is 3.70. The maximum absolute atomic E-state index is 11.9. The van der Waals surface area contributed by atoms with Crippen molar-refractivity contribution in [2.24, 2.45) is 0 Å². The molecule has 7 heteroatoms. The van der Waals surface area contributed by atoms with Gasteiger partial charge in [-0.2, -0.15) is 13.2 Å². The SMILES string of the molecule is O=C(CC(=O)C(F)(F)F)c1cccc(Cl)c1Cl. The molecule has 17 heavy (non-hydrogen) atoms. The molecule has 2 nitrogen and oxygen atoms in total. The van der Waals surface area contributed by atoms with Gasteiger partial charge in [0.15, 0.2) is 5.78 Å². The molecule has 0 atom stereocenters. The normalized spacial score (nSPS) is 11.4. The fourth-order valence-electron chi connectivity index (χ4n) is 1.06. The van der Waals surface area contributed by atoms with E-state index >= 15 is 0 Å². The molecule has 0 unspecified atom stereocenters. The average Bonchev–Trinajstić information content (AvgIpc) is 2.20. The monoisotopic (exact) mass is 284 g/mol. The van der Waals surface area contributed by atoms with E-state index in [0.717, 1.165) is 0 Å². The van der Waals surface area contributed by atoms with Crippen molar-refractivity contribution in [2.75, 3.05) is 0 Å². The molecule has 0 heterocycles. The van der Waals surface area contributed by atoms with Crippen molar-refractivity contribution >= 4 is 34.8 Å². The summed E-state index contributed by atoms with van der Waals surface area (Å²) in [5.41, 5.74) is -0.197. The number of rotatable bonds is 3. The van der Waals surface area contributed by atoms with Crippen LogP contribution >= 0.6 is 23.2 Å². The van der Waals surface area contributed by atoms with Crippen LogP contribution in [0.4, 0.5) is 13.2 Å². The van der Waals surface area contributed by atoms with Gasteiger partial charge in [-0.3, -0.25) is 9.59 Å². The molecule has 0 N–H and O–H groups in total. The second kappa shape index (κ2) is 5.06. The van der Waals surface area contributed by atoms with E-state index in [0.29, 0.717) is 0 Å². The Bertz CT molecular complexity index is 469. The van der Waals surface area contributed by atoms with Crippen LogP contribution < -0.4 is 0 Å². The summed E-state index contributed by atoms with van der Waals surface area (Å²) in [6.07, 6.45) is -6.30. The molecule has 0 saturated heterocycles. The van der Waals surface area contributed by atoms with E-state index in [-0.39, 0.29) is 15.6 Å². The highest BCUT2D eigenvalue weighted by molar-refractivity contribution is 6.44. The summed E-state index contributed by atoms with van der Waals surface area (Å²) in [6, 6.07) is 3.95. The van der Waals surface area contributed by atoms with Gasteiger partial charge in [0, 0.05) is 5.56 Å². The Labute approximate surface area is 104 Å². The van der Waals surface area contributed by atoms with Crippen molar-refractivity contribution in [2.45, 2.75) is 12.6 Å². The van der Waals surface area contributed by atoms with E-state index in [9.17, 15) is 22.8 Å². The van der Waals surface area contributed by atoms with Crippen LogP contribution in [0, 0.1) is 0 Å². The van der Waals surface area contributed by atoms with E-state index in [1.54, 1.807) is 0 Å². The lowest BCUT2D eigenvalue weighted by atomic mass is 10.1. The second-order valence-electron chi connectivity index (χ2n) is 3.12. The first-order valence-electron chi connectivity index (χ1n) is 4.30. The molecule has 0 bridgehead atoms. The van der Waals surface area contributed by atoms with Gasteiger partial charge in [0.05, 0.1) is 16.5 Å². The van der Waals surface area contributed by atoms with Gasteiger partial charge >= 0.3 is 6.18 Å². The van der Waals surface area contributed by atoms with Crippen molar-refractivity contribution in [1.29, 1.82) is 0 Å². The van der Waals surface area contributed by atoms with Crippen LogP contribution in [0.15, 0.2) is 18.2 Å². The number of hydrogen-bond donors (Lipinski definition) is 0. The number of Topliss-reactive ketones (excluding diaryl/α,β-unsaturated/α-hetero) is 2. The Morgan fingerprint density at radius 2 is 1.76 bits per heavy atom. The molecule has 0 radical (unpaired) electrons. The highest BCUT2D eigenvalue weighted by Crippen LogP contribution is 2.27. The second-order valence-corrected chi connectivity index (χ2v) is 3.91. The van der Waals surface area contributed by atoms with Gasteiger partial charge in [0.2, 0.25) is 5.78 Å².